The van der Waals surface area contributed by atoms with Gasteiger partial charge in [-0.1, -0.05) is 6.07 Å². The fourth-order valence-electron chi connectivity index (χ4n) is 3.67. The number of thiazole rings is 1. The van der Waals surface area contributed by atoms with Crippen LogP contribution in [0.5, 0.6) is 5.75 Å². The van der Waals surface area contributed by atoms with Gasteiger partial charge in [0.05, 0.1) is 17.2 Å². The quantitative estimate of drug-likeness (QED) is 0.263. The van der Waals surface area contributed by atoms with Gasteiger partial charge in [-0.3, -0.25) is 4.90 Å². The zero-order valence-corrected chi connectivity index (χ0v) is 22.3. The van der Waals surface area contributed by atoms with Crippen molar-refractivity contribution in [3.05, 3.63) is 46.2 Å². The van der Waals surface area contributed by atoms with Crippen LogP contribution in [-0.2, 0) is 6.54 Å². The van der Waals surface area contributed by atoms with Crippen LogP contribution in [0.1, 0.15) is 37.4 Å². The minimum atomic E-state index is -0.295. The number of aryl methyl sites for hydroxylation is 1. The number of nitrogens with one attached hydrogen (secondary N) is 2. The van der Waals surface area contributed by atoms with Crippen LogP contribution in [0.25, 0.3) is 0 Å². The van der Waals surface area contributed by atoms with Crippen molar-refractivity contribution in [2.75, 3.05) is 32.7 Å². The third-order valence-corrected chi connectivity index (χ3v) is 6.12. The third-order valence-electron chi connectivity index (χ3n) is 5.30. The van der Waals surface area contributed by atoms with E-state index in [2.05, 4.69) is 44.7 Å². The summed E-state index contributed by atoms with van der Waals surface area (Å²) in [7, 11) is 0. The molecule has 0 spiro atoms. The molecule has 6 nitrogen and oxygen atoms in total. The zero-order chi connectivity index (χ0) is 22.1. The van der Waals surface area contributed by atoms with Gasteiger partial charge in [0.25, 0.3) is 0 Å². The molecule has 1 atom stereocenters. The van der Waals surface area contributed by atoms with E-state index < -0.39 is 0 Å². The molecule has 32 heavy (non-hydrogen) atoms. The fourth-order valence-corrected chi connectivity index (χ4v) is 4.27. The van der Waals surface area contributed by atoms with E-state index in [0.717, 1.165) is 43.7 Å². The summed E-state index contributed by atoms with van der Waals surface area (Å²) in [5.74, 6) is 1.67. The maximum atomic E-state index is 13.3. The molecule has 1 aliphatic rings. The second-order valence-electron chi connectivity index (χ2n) is 8.06. The van der Waals surface area contributed by atoms with E-state index in [4.69, 9.17) is 4.74 Å². The summed E-state index contributed by atoms with van der Waals surface area (Å²) < 4.78 is 19.1. The maximum absolute atomic E-state index is 13.3. The summed E-state index contributed by atoms with van der Waals surface area (Å²) in [6.45, 7) is 11.4. The van der Waals surface area contributed by atoms with E-state index in [1.54, 1.807) is 23.5 Å². The number of guanidine groups is 1. The lowest BCUT2D eigenvalue weighted by Gasteiger charge is -2.31. The number of piperidine rings is 1. The van der Waals surface area contributed by atoms with Gasteiger partial charge in [-0.25, -0.2) is 14.4 Å². The van der Waals surface area contributed by atoms with Crippen LogP contribution in [0.2, 0.25) is 0 Å². The normalized spacial score (nSPS) is 16.3. The van der Waals surface area contributed by atoms with Gasteiger partial charge in [0.1, 0.15) is 17.7 Å². The van der Waals surface area contributed by atoms with Crippen LogP contribution in [0.15, 0.2) is 34.6 Å². The van der Waals surface area contributed by atoms with Gasteiger partial charge in [0, 0.05) is 31.1 Å². The molecular formula is C23H35FIN5OS. The Hall–Kier alpha value is -1.46. The molecule has 1 unspecified atom stereocenters. The molecule has 2 N–H and O–H groups in total. The highest BCUT2D eigenvalue weighted by Gasteiger charge is 2.20. The van der Waals surface area contributed by atoms with Gasteiger partial charge >= 0.3 is 0 Å². The van der Waals surface area contributed by atoms with Crippen LogP contribution in [0, 0.1) is 18.7 Å². The van der Waals surface area contributed by atoms with Crippen molar-refractivity contribution in [3.63, 3.8) is 0 Å². The van der Waals surface area contributed by atoms with Crippen molar-refractivity contribution in [1.82, 2.24) is 20.5 Å². The van der Waals surface area contributed by atoms with Crippen LogP contribution in [-0.4, -0.2) is 54.7 Å². The summed E-state index contributed by atoms with van der Waals surface area (Å²) >= 11 is 1.72. The van der Waals surface area contributed by atoms with Gasteiger partial charge in [-0.2, -0.15) is 0 Å². The Bertz CT molecular complexity index is 841. The number of aliphatic imine (C=N–C) groups is 1. The minimum Gasteiger partial charge on any atom is -0.489 e. The average Bonchev–Trinajstić information content (AvgIpc) is 3.15. The van der Waals surface area contributed by atoms with E-state index in [1.807, 2.05) is 6.92 Å². The Kier molecular flexibility index (Phi) is 11.7. The summed E-state index contributed by atoms with van der Waals surface area (Å²) in [4.78, 5) is 11.7. The number of rotatable bonds is 9. The minimum absolute atomic E-state index is 0. The standard InChI is InChI=1S/C23H34FN5OS.HI/c1-4-25-23(26-13-17(2)30-22-7-5-6-20(24)12-22)27-14-19-8-10-29(11-9-19)15-21-16-31-18(3)28-21;/h5-7,12,16-17,19H,4,8-11,13-15H2,1-3H3,(H2,25,26,27);1H. The van der Waals surface area contributed by atoms with E-state index in [0.29, 0.717) is 18.2 Å². The molecule has 0 radical (unpaired) electrons. The third kappa shape index (κ3) is 9.19. The molecule has 0 amide bonds. The lowest BCUT2D eigenvalue weighted by Crippen LogP contribution is -2.43. The molecular weight excluding hydrogens is 540 g/mol. The molecule has 1 fully saturated rings. The first-order valence-corrected chi connectivity index (χ1v) is 12.0. The molecule has 9 heteroatoms. The predicted molar refractivity (Wildman–Crippen MR) is 141 cm³/mol. The summed E-state index contributed by atoms with van der Waals surface area (Å²) in [6, 6.07) is 6.21. The van der Waals surface area contributed by atoms with Gasteiger partial charge in [0.2, 0.25) is 0 Å². The molecule has 0 aliphatic carbocycles. The Morgan fingerprint density at radius 1 is 1.34 bits per heavy atom. The molecule has 2 heterocycles. The largest absolute Gasteiger partial charge is 0.489 e. The van der Waals surface area contributed by atoms with Crippen LogP contribution >= 0.6 is 35.3 Å². The lowest BCUT2D eigenvalue weighted by atomic mass is 9.97. The van der Waals surface area contributed by atoms with Crippen molar-refractivity contribution in [2.24, 2.45) is 10.9 Å². The van der Waals surface area contributed by atoms with E-state index in [1.165, 1.54) is 30.7 Å². The SMILES string of the molecule is CCNC(=NCC(C)Oc1cccc(F)c1)NCC1CCN(Cc2csc(C)n2)CC1.I. The Balaban J connectivity index is 0.00000363. The van der Waals surface area contributed by atoms with Crippen LogP contribution in [0.3, 0.4) is 0 Å². The fraction of sp³-hybridized carbons (Fsp3) is 0.565. The van der Waals surface area contributed by atoms with Crippen LogP contribution < -0.4 is 15.4 Å². The molecule has 1 aromatic carbocycles. The second kappa shape index (κ2) is 13.9. The number of nitrogens with zero attached hydrogens (tertiary/aromatic N) is 3. The predicted octanol–water partition coefficient (Wildman–Crippen LogP) is 4.44. The summed E-state index contributed by atoms with van der Waals surface area (Å²) in [5.41, 5.74) is 1.19. The molecule has 1 aliphatic heterocycles. The number of hydrogen-bond acceptors (Lipinski definition) is 5. The van der Waals surface area contributed by atoms with Gasteiger partial charge in [-0.15, -0.1) is 35.3 Å². The van der Waals surface area contributed by atoms with Crippen molar-refractivity contribution < 1.29 is 9.13 Å². The Labute approximate surface area is 212 Å². The van der Waals surface area contributed by atoms with Gasteiger partial charge < -0.3 is 15.4 Å². The number of hydrogen-bond donors (Lipinski definition) is 2. The molecule has 1 saturated heterocycles. The molecule has 0 bridgehead atoms. The monoisotopic (exact) mass is 575 g/mol. The highest BCUT2D eigenvalue weighted by Crippen LogP contribution is 2.19. The van der Waals surface area contributed by atoms with Crippen LogP contribution in [0.4, 0.5) is 4.39 Å². The van der Waals surface area contributed by atoms with E-state index in [-0.39, 0.29) is 35.9 Å². The van der Waals surface area contributed by atoms with Crippen molar-refractivity contribution in [1.29, 1.82) is 0 Å². The summed E-state index contributed by atoms with van der Waals surface area (Å²) in [5, 5.41) is 10.1. The van der Waals surface area contributed by atoms with E-state index >= 15 is 0 Å². The number of ether oxygens (including phenoxy) is 1. The smallest absolute Gasteiger partial charge is 0.191 e. The number of likely N-dealkylation sites (tertiary alicyclic amines) is 1. The number of halogens is 2. The van der Waals surface area contributed by atoms with Gasteiger partial charge in [0.15, 0.2) is 5.96 Å². The van der Waals surface area contributed by atoms with Crippen molar-refractivity contribution in [3.8, 4) is 5.75 Å². The molecule has 2 aromatic rings. The number of benzene rings is 1. The Morgan fingerprint density at radius 3 is 2.78 bits per heavy atom. The zero-order valence-electron chi connectivity index (χ0n) is 19.1. The first-order chi connectivity index (χ1) is 15.0. The molecule has 1 aromatic heterocycles. The van der Waals surface area contributed by atoms with Crippen molar-refractivity contribution >= 4 is 41.3 Å². The number of aromatic nitrogens is 1. The van der Waals surface area contributed by atoms with E-state index in [9.17, 15) is 4.39 Å². The first kappa shape index (κ1) is 26.8. The maximum Gasteiger partial charge on any atom is 0.191 e. The van der Waals surface area contributed by atoms with Gasteiger partial charge in [-0.05, 0) is 64.8 Å². The Morgan fingerprint density at radius 2 is 2.12 bits per heavy atom. The first-order valence-electron chi connectivity index (χ1n) is 11.1. The lowest BCUT2D eigenvalue weighted by molar-refractivity contribution is 0.176. The molecule has 0 saturated carbocycles. The average molecular weight is 576 g/mol. The molecule has 178 valence electrons. The molecule has 3 rings (SSSR count). The summed E-state index contributed by atoms with van der Waals surface area (Å²) in [6.07, 6.45) is 2.21. The second-order valence-corrected chi connectivity index (χ2v) is 9.13. The van der Waals surface area contributed by atoms with Crippen molar-refractivity contribution in [2.45, 2.75) is 46.3 Å². The highest BCUT2D eigenvalue weighted by molar-refractivity contribution is 14.0. The highest BCUT2D eigenvalue weighted by atomic mass is 127. The topological polar surface area (TPSA) is 61.8 Å².